The van der Waals surface area contributed by atoms with Gasteiger partial charge < -0.3 is 11.1 Å². The fraction of sp³-hybridized carbons (Fsp3) is 0.125. The smallest absolute Gasteiger partial charge is 0.251 e. The Hall–Kier alpha value is -2.21. The van der Waals surface area contributed by atoms with Crippen LogP contribution in [0.25, 0.3) is 0 Å². The number of hydrogen-bond acceptors (Lipinski definition) is 2. The molecule has 114 valence electrons. The van der Waals surface area contributed by atoms with Crippen molar-refractivity contribution in [3.05, 3.63) is 69.9 Å². The van der Waals surface area contributed by atoms with Crippen molar-refractivity contribution in [1.82, 2.24) is 5.32 Å². The second-order valence-electron chi connectivity index (χ2n) is 4.77. The minimum absolute atomic E-state index is 0.267. The molecule has 0 saturated heterocycles. The van der Waals surface area contributed by atoms with E-state index >= 15 is 0 Å². The molecule has 2 rings (SSSR count). The summed E-state index contributed by atoms with van der Waals surface area (Å²) in [5.41, 5.74) is 6.48. The lowest BCUT2D eigenvalue weighted by molar-refractivity contribution is -0.119. The third-order valence-electron chi connectivity index (χ3n) is 3.11. The van der Waals surface area contributed by atoms with E-state index in [4.69, 9.17) is 5.73 Å². The van der Waals surface area contributed by atoms with E-state index in [1.807, 2.05) is 24.3 Å². The summed E-state index contributed by atoms with van der Waals surface area (Å²) in [6, 6.07) is 11.6. The Balaban J connectivity index is 2.08. The van der Waals surface area contributed by atoms with Gasteiger partial charge in [0.15, 0.2) is 0 Å². The molecule has 3 N–H and O–H groups in total. The van der Waals surface area contributed by atoms with Crippen molar-refractivity contribution in [3.63, 3.8) is 0 Å². The largest absolute Gasteiger partial charge is 0.368 e. The van der Waals surface area contributed by atoms with Crippen LogP contribution in [0.1, 0.15) is 15.9 Å². The Labute approximate surface area is 135 Å². The van der Waals surface area contributed by atoms with E-state index in [2.05, 4.69) is 21.2 Å². The Bertz CT molecular complexity index is 672. The highest BCUT2D eigenvalue weighted by Crippen LogP contribution is 2.12. The molecular formula is C16H14BrFN2O2. The molecule has 0 aliphatic rings. The molecule has 6 heteroatoms. The van der Waals surface area contributed by atoms with Crippen LogP contribution in [0.15, 0.2) is 53.0 Å². The number of primary amides is 1. The monoisotopic (exact) mass is 364 g/mol. The number of nitrogens with one attached hydrogen (secondary N) is 1. The van der Waals surface area contributed by atoms with Gasteiger partial charge in [-0.25, -0.2) is 4.39 Å². The zero-order valence-corrected chi connectivity index (χ0v) is 13.1. The molecule has 0 saturated carbocycles. The number of carbonyl (C=O) groups excluding carboxylic acids is 2. The van der Waals surface area contributed by atoms with E-state index in [0.717, 1.165) is 10.0 Å². The second-order valence-corrected chi connectivity index (χ2v) is 5.68. The van der Waals surface area contributed by atoms with Crippen molar-refractivity contribution in [2.75, 3.05) is 0 Å². The van der Waals surface area contributed by atoms with Gasteiger partial charge in [0.25, 0.3) is 5.91 Å². The first-order chi connectivity index (χ1) is 10.5. The minimum atomic E-state index is -0.835. The van der Waals surface area contributed by atoms with Gasteiger partial charge in [-0.3, -0.25) is 9.59 Å². The summed E-state index contributed by atoms with van der Waals surface area (Å²) in [5, 5.41) is 2.57. The molecule has 4 nitrogen and oxygen atoms in total. The molecule has 22 heavy (non-hydrogen) atoms. The maximum absolute atomic E-state index is 12.9. The summed E-state index contributed by atoms with van der Waals surface area (Å²) < 4.78 is 13.8. The van der Waals surface area contributed by atoms with Crippen molar-refractivity contribution in [3.8, 4) is 0 Å². The molecule has 2 amide bonds. The van der Waals surface area contributed by atoms with Crippen molar-refractivity contribution < 1.29 is 14.0 Å². The van der Waals surface area contributed by atoms with Crippen LogP contribution >= 0.6 is 15.9 Å². The molecule has 0 spiro atoms. The lowest BCUT2D eigenvalue weighted by Gasteiger charge is -2.15. The first-order valence-corrected chi connectivity index (χ1v) is 7.35. The average molecular weight is 365 g/mol. The maximum Gasteiger partial charge on any atom is 0.251 e. The standard InChI is InChI=1S/C16H14BrFN2O2/c17-12-5-1-10(2-6-12)9-14(15(19)21)20-16(22)11-3-7-13(18)8-4-11/h1-8,14H,9H2,(H2,19,21)(H,20,22)/t14-/m1/s1. The van der Waals surface area contributed by atoms with Crippen LogP contribution in [0.5, 0.6) is 0 Å². The first kappa shape index (κ1) is 16.2. The Morgan fingerprint density at radius 3 is 2.23 bits per heavy atom. The average Bonchev–Trinajstić information content (AvgIpc) is 2.49. The van der Waals surface area contributed by atoms with Crippen molar-refractivity contribution in [1.29, 1.82) is 0 Å². The molecule has 1 atom stereocenters. The maximum atomic E-state index is 12.9. The molecule has 2 aromatic rings. The molecule has 0 radical (unpaired) electrons. The molecule has 0 fully saturated rings. The van der Waals surface area contributed by atoms with Gasteiger partial charge in [0.1, 0.15) is 11.9 Å². The molecule has 0 bridgehead atoms. The number of amides is 2. The van der Waals surface area contributed by atoms with Crippen molar-refractivity contribution in [2.24, 2.45) is 5.73 Å². The number of hydrogen-bond donors (Lipinski definition) is 2. The van der Waals surface area contributed by atoms with E-state index in [1.165, 1.54) is 24.3 Å². The summed E-state index contributed by atoms with van der Waals surface area (Å²) in [6.45, 7) is 0. The van der Waals surface area contributed by atoms with Gasteiger partial charge in [-0.1, -0.05) is 28.1 Å². The minimum Gasteiger partial charge on any atom is -0.368 e. The predicted octanol–water partition coefficient (Wildman–Crippen LogP) is 2.41. The normalized spacial score (nSPS) is 11.7. The topological polar surface area (TPSA) is 72.2 Å². The van der Waals surface area contributed by atoms with Gasteiger partial charge in [0, 0.05) is 16.5 Å². The summed E-state index contributed by atoms with van der Waals surface area (Å²) in [6.07, 6.45) is 0.287. The molecule has 0 aromatic heterocycles. The fourth-order valence-corrected chi connectivity index (χ4v) is 2.19. The Kier molecular flexibility index (Phi) is 5.27. The Morgan fingerprint density at radius 2 is 1.68 bits per heavy atom. The number of carbonyl (C=O) groups is 2. The zero-order valence-electron chi connectivity index (χ0n) is 11.6. The van der Waals surface area contributed by atoms with Crippen LogP contribution in [0.2, 0.25) is 0 Å². The highest BCUT2D eigenvalue weighted by Gasteiger charge is 2.19. The first-order valence-electron chi connectivity index (χ1n) is 6.56. The van der Waals surface area contributed by atoms with Gasteiger partial charge in [-0.15, -0.1) is 0 Å². The number of benzene rings is 2. The zero-order chi connectivity index (χ0) is 16.1. The molecule has 0 aliphatic carbocycles. The lowest BCUT2D eigenvalue weighted by atomic mass is 10.0. The summed E-state index contributed by atoms with van der Waals surface area (Å²) in [7, 11) is 0. The molecule has 0 unspecified atom stereocenters. The second kappa shape index (κ2) is 7.17. The van der Waals surface area contributed by atoms with E-state index < -0.39 is 23.7 Å². The van der Waals surface area contributed by atoms with Crippen molar-refractivity contribution >= 4 is 27.7 Å². The van der Waals surface area contributed by atoms with Gasteiger partial charge in [0.05, 0.1) is 0 Å². The quantitative estimate of drug-likeness (QED) is 0.854. The van der Waals surface area contributed by atoms with Crippen LogP contribution in [-0.4, -0.2) is 17.9 Å². The van der Waals surface area contributed by atoms with E-state index in [9.17, 15) is 14.0 Å². The summed E-state index contributed by atoms with van der Waals surface area (Å²) >= 11 is 3.33. The van der Waals surface area contributed by atoms with Crippen LogP contribution in [0.3, 0.4) is 0 Å². The highest BCUT2D eigenvalue weighted by atomic mass is 79.9. The van der Waals surface area contributed by atoms with Crippen molar-refractivity contribution in [2.45, 2.75) is 12.5 Å². The van der Waals surface area contributed by atoms with Crippen LogP contribution in [0, 0.1) is 5.82 Å². The molecule has 0 heterocycles. The highest BCUT2D eigenvalue weighted by molar-refractivity contribution is 9.10. The SMILES string of the molecule is NC(=O)[C@@H](Cc1ccc(Br)cc1)NC(=O)c1ccc(F)cc1. The number of nitrogens with two attached hydrogens (primary N) is 1. The van der Waals surface area contributed by atoms with Gasteiger partial charge in [0.2, 0.25) is 5.91 Å². The van der Waals surface area contributed by atoms with E-state index in [-0.39, 0.29) is 12.0 Å². The lowest BCUT2D eigenvalue weighted by Crippen LogP contribution is -2.45. The van der Waals surface area contributed by atoms with Crippen LogP contribution in [-0.2, 0) is 11.2 Å². The third-order valence-corrected chi connectivity index (χ3v) is 3.64. The van der Waals surface area contributed by atoms with E-state index in [1.54, 1.807) is 0 Å². The molecule has 0 aliphatic heterocycles. The summed E-state index contributed by atoms with van der Waals surface area (Å²) in [4.78, 5) is 23.6. The van der Waals surface area contributed by atoms with Gasteiger partial charge >= 0.3 is 0 Å². The third kappa shape index (κ3) is 4.39. The van der Waals surface area contributed by atoms with Gasteiger partial charge in [-0.2, -0.15) is 0 Å². The number of rotatable bonds is 5. The van der Waals surface area contributed by atoms with Crippen LogP contribution < -0.4 is 11.1 Å². The van der Waals surface area contributed by atoms with Crippen LogP contribution in [0.4, 0.5) is 4.39 Å². The molecule has 2 aromatic carbocycles. The summed E-state index contributed by atoms with van der Waals surface area (Å²) in [5.74, 6) is -1.53. The fourth-order valence-electron chi connectivity index (χ4n) is 1.92. The van der Waals surface area contributed by atoms with Gasteiger partial charge in [-0.05, 0) is 42.0 Å². The predicted molar refractivity (Wildman–Crippen MR) is 84.7 cm³/mol. The molecular weight excluding hydrogens is 351 g/mol. The number of halogens is 2. The van der Waals surface area contributed by atoms with E-state index in [0.29, 0.717) is 0 Å². The Morgan fingerprint density at radius 1 is 1.09 bits per heavy atom.